The molecule has 1 saturated heterocycles. The van der Waals surface area contributed by atoms with Crippen LogP contribution < -0.4 is 4.90 Å². The summed E-state index contributed by atoms with van der Waals surface area (Å²) >= 11 is 0. The van der Waals surface area contributed by atoms with Crippen LogP contribution in [0.4, 0.5) is 5.69 Å². The zero-order valence-corrected chi connectivity index (χ0v) is 9.54. The summed E-state index contributed by atoms with van der Waals surface area (Å²) in [4.78, 5) is 26.0. The molecule has 90 valence electrons. The van der Waals surface area contributed by atoms with Crippen LogP contribution in [0.25, 0.3) is 0 Å². The standard InChI is InChI=1S/C12H14N2O3/c1-13-8-11(15)14(7-10(13)12(16)17)9-5-3-2-4-6-9/h2-6,10H,7-8H2,1H3,(H,16,17). The summed E-state index contributed by atoms with van der Waals surface area (Å²) in [6.07, 6.45) is 0. The maximum Gasteiger partial charge on any atom is 0.322 e. The lowest BCUT2D eigenvalue weighted by Gasteiger charge is -2.36. The Balaban J connectivity index is 2.23. The first-order valence-electron chi connectivity index (χ1n) is 5.38. The topological polar surface area (TPSA) is 60.9 Å². The molecule has 1 aromatic carbocycles. The Morgan fingerprint density at radius 2 is 2.00 bits per heavy atom. The smallest absolute Gasteiger partial charge is 0.322 e. The van der Waals surface area contributed by atoms with Crippen LogP contribution in [0.5, 0.6) is 0 Å². The highest BCUT2D eigenvalue weighted by Gasteiger charge is 2.34. The molecular formula is C12H14N2O3. The predicted octanol–water partition coefficient (Wildman–Crippen LogP) is 0.418. The van der Waals surface area contributed by atoms with E-state index in [0.717, 1.165) is 5.69 Å². The van der Waals surface area contributed by atoms with Gasteiger partial charge in [-0.1, -0.05) is 18.2 Å². The number of hydrogen-bond donors (Lipinski definition) is 1. The second-order valence-electron chi connectivity index (χ2n) is 4.11. The first-order chi connectivity index (χ1) is 8.09. The van der Waals surface area contributed by atoms with Gasteiger partial charge in [0.1, 0.15) is 6.04 Å². The maximum atomic E-state index is 11.9. The van der Waals surface area contributed by atoms with E-state index in [9.17, 15) is 9.59 Å². The number of piperazine rings is 1. The number of amides is 1. The lowest BCUT2D eigenvalue weighted by molar-refractivity contribution is -0.144. The van der Waals surface area contributed by atoms with E-state index in [1.807, 2.05) is 30.3 Å². The molecule has 0 bridgehead atoms. The zero-order valence-electron chi connectivity index (χ0n) is 9.54. The van der Waals surface area contributed by atoms with Gasteiger partial charge in [0, 0.05) is 5.69 Å². The fourth-order valence-electron chi connectivity index (χ4n) is 1.95. The fourth-order valence-corrected chi connectivity index (χ4v) is 1.95. The van der Waals surface area contributed by atoms with Gasteiger partial charge in [-0.3, -0.25) is 14.5 Å². The first kappa shape index (κ1) is 11.6. The molecule has 0 spiro atoms. The molecule has 5 nitrogen and oxygen atoms in total. The van der Waals surface area contributed by atoms with Crippen molar-refractivity contribution in [3.63, 3.8) is 0 Å². The molecule has 1 aliphatic rings. The summed E-state index contributed by atoms with van der Waals surface area (Å²) in [6, 6.07) is 8.49. The molecule has 1 unspecified atom stereocenters. The van der Waals surface area contributed by atoms with Crippen molar-refractivity contribution < 1.29 is 14.7 Å². The van der Waals surface area contributed by atoms with Gasteiger partial charge in [0.25, 0.3) is 0 Å². The SMILES string of the molecule is CN1CC(=O)N(c2ccccc2)CC1C(=O)O. The summed E-state index contributed by atoms with van der Waals surface area (Å²) < 4.78 is 0. The Labute approximate surface area is 99.3 Å². The molecule has 0 saturated carbocycles. The largest absolute Gasteiger partial charge is 0.480 e. The van der Waals surface area contributed by atoms with Crippen LogP contribution in [0.1, 0.15) is 0 Å². The van der Waals surface area contributed by atoms with Gasteiger partial charge in [0.05, 0.1) is 13.1 Å². The minimum atomic E-state index is -0.902. The number of aliphatic carboxylic acids is 1. The number of carboxylic acid groups (broad SMARTS) is 1. The normalized spacial score (nSPS) is 21.6. The molecule has 5 heteroatoms. The molecular weight excluding hydrogens is 220 g/mol. The predicted molar refractivity (Wildman–Crippen MR) is 62.8 cm³/mol. The van der Waals surface area contributed by atoms with Gasteiger partial charge in [0.2, 0.25) is 5.91 Å². The van der Waals surface area contributed by atoms with Crippen molar-refractivity contribution in [2.24, 2.45) is 0 Å². The van der Waals surface area contributed by atoms with Crippen molar-refractivity contribution in [1.82, 2.24) is 4.90 Å². The van der Waals surface area contributed by atoms with Gasteiger partial charge < -0.3 is 10.0 Å². The van der Waals surface area contributed by atoms with E-state index >= 15 is 0 Å². The van der Waals surface area contributed by atoms with Crippen molar-refractivity contribution >= 4 is 17.6 Å². The average molecular weight is 234 g/mol. The zero-order chi connectivity index (χ0) is 12.4. The van der Waals surface area contributed by atoms with Crippen molar-refractivity contribution in [2.75, 3.05) is 25.0 Å². The first-order valence-corrected chi connectivity index (χ1v) is 5.38. The number of nitrogens with zero attached hydrogens (tertiary/aromatic N) is 2. The molecule has 0 aliphatic carbocycles. The minimum Gasteiger partial charge on any atom is -0.480 e. The lowest BCUT2D eigenvalue weighted by atomic mass is 10.1. The highest BCUT2D eigenvalue weighted by atomic mass is 16.4. The van der Waals surface area contributed by atoms with Crippen LogP contribution in [-0.2, 0) is 9.59 Å². The Bertz CT molecular complexity index is 433. The van der Waals surface area contributed by atoms with Crippen molar-refractivity contribution in [3.8, 4) is 0 Å². The van der Waals surface area contributed by atoms with Gasteiger partial charge in [0.15, 0.2) is 0 Å². The molecule has 1 atom stereocenters. The molecule has 0 radical (unpaired) electrons. The van der Waals surface area contributed by atoms with Crippen molar-refractivity contribution in [2.45, 2.75) is 6.04 Å². The van der Waals surface area contributed by atoms with Gasteiger partial charge in [-0.05, 0) is 19.2 Å². The van der Waals surface area contributed by atoms with Crippen LogP contribution in [-0.4, -0.2) is 48.1 Å². The second kappa shape index (κ2) is 4.55. The van der Waals surface area contributed by atoms with Crippen LogP contribution in [0.15, 0.2) is 30.3 Å². The third kappa shape index (κ3) is 2.29. The molecule has 2 rings (SSSR count). The molecule has 1 amide bonds. The summed E-state index contributed by atoms with van der Waals surface area (Å²) in [5.74, 6) is -0.975. The number of likely N-dealkylation sites (N-methyl/N-ethyl adjacent to an activating group) is 1. The van der Waals surface area contributed by atoms with Gasteiger partial charge in [-0.25, -0.2) is 0 Å². The van der Waals surface area contributed by atoms with Crippen LogP contribution in [0.3, 0.4) is 0 Å². The third-order valence-corrected chi connectivity index (χ3v) is 2.93. The quantitative estimate of drug-likeness (QED) is 0.805. The van der Waals surface area contributed by atoms with E-state index in [2.05, 4.69) is 0 Å². The number of carbonyl (C=O) groups is 2. The van der Waals surface area contributed by atoms with E-state index in [1.165, 1.54) is 4.90 Å². The Hall–Kier alpha value is -1.88. The van der Waals surface area contributed by atoms with E-state index in [4.69, 9.17) is 5.11 Å². The summed E-state index contributed by atoms with van der Waals surface area (Å²) in [5, 5.41) is 9.08. The molecule has 17 heavy (non-hydrogen) atoms. The lowest BCUT2D eigenvalue weighted by Crippen LogP contribution is -2.57. The number of anilines is 1. The summed E-state index contributed by atoms with van der Waals surface area (Å²) in [5.41, 5.74) is 0.747. The van der Waals surface area contributed by atoms with Crippen LogP contribution in [0.2, 0.25) is 0 Å². The average Bonchev–Trinajstić information content (AvgIpc) is 2.29. The van der Waals surface area contributed by atoms with Crippen LogP contribution in [0, 0.1) is 0 Å². The minimum absolute atomic E-state index is 0.0730. The van der Waals surface area contributed by atoms with Crippen molar-refractivity contribution in [3.05, 3.63) is 30.3 Å². The summed E-state index contributed by atoms with van der Waals surface area (Å²) in [6.45, 7) is 0.320. The number of benzene rings is 1. The molecule has 0 aromatic heterocycles. The Morgan fingerprint density at radius 1 is 1.35 bits per heavy atom. The fraction of sp³-hybridized carbons (Fsp3) is 0.333. The Kier molecular flexibility index (Phi) is 3.10. The van der Waals surface area contributed by atoms with Gasteiger partial charge in [-0.2, -0.15) is 0 Å². The number of hydrogen-bond acceptors (Lipinski definition) is 3. The summed E-state index contributed by atoms with van der Waals surface area (Å²) in [7, 11) is 1.65. The molecule has 1 heterocycles. The molecule has 1 fully saturated rings. The van der Waals surface area contributed by atoms with Crippen molar-refractivity contribution in [1.29, 1.82) is 0 Å². The van der Waals surface area contributed by atoms with Gasteiger partial charge in [-0.15, -0.1) is 0 Å². The second-order valence-corrected chi connectivity index (χ2v) is 4.11. The third-order valence-electron chi connectivity index (χ3n) is 2.93. The number of rotatable bonds is 2. The van der Waals surface area contributed by atoms with E-state index in [1.54, 1.807) is 11.9 Å². The van der Waals surface area contributed by atoms with E-state index in [0.29, 0.717) is 0 Å². The number of carboxylic acids is 1. The maximum absolute atomic E-state index is 11.9. The Morgan fingerprint density at radius 3 is 2.59 bits per heavy atom. The highest BCUT2D eigenvalue weighted by Crippen LogP contribution is 2.18. The monoisotopic (exact) mass is 234 g/mol. The van der Waals surface area contributed by atoms with E-state index in [-0.39, 0.29) is 19.0 Å². The number of para-hydroxylation sites is 1. The number of carbonyl (C=O) groups excluding carboxylic acids is 1. The molecule has 1 aromatic rings. The molecule has 1 aliphatic heterocycles. The molecule has 1 N–H and O–H groups in total. The van der Waals surface area contributed by atoms with E-state index < -0.39 is 12.0 Å². The van der Waals surface area contributed by atoms with Gasteiger partial charge >= 0.3 is 5.97 Å². The van der Waals surface area contributed by atoms with Crippen LogP contribution >= 0.6 is 0 Å². The highest BCUT2D eigenvalue weighted by molar-refractivity contribution is 5.97.